The summed E-state index contributed by atoms with van der Waals surface area (Å²) in [7, 11) is 1.59. The van der Waals surface area contributed by atoms with Gasteiger partial charge in [0.05, 0.1) is 24.2 Å². The van der Waals surface area contributed by atoms with Gasteiger partial charge in [0.1, 0.15) is 17.9 Å². The SMILES string of the molecule is COc1ccc(C(=O)Cc2cccc(C(CCCO)Nc3ncnc4c(C(N)=O)cccc34)c2)cc1. The lowest BCUT2D eigenvalue weighted by atomic mass is 9.96. The van der Waals surface area contributed by atoms with Crippen LogP contribution < -0.4 is 15.8 Å². The normalized spacial score (nSPS) is 11.7. The highest BCUT2D eigenvalue weighted by Crippen LogP contribution is 2.29. The van der Waals surface area contributed by atoms with Gasteiger partial charge < -0.3 is 20.9 Å². The first-order chi connectivity index (χ1) is 17.5. The highest BCUT2D eigenvalue weighted by Gasteiger charge is 2.17. The number of benzene rings is 3. The van der Waals surface area contributed by atoms with Gasteiger partial charge in [0.15, 0.2) is 5.78 Å². The lowest BCUT2D eigenvalue weighted by molar-refractivity contribution is 0.0988. The Hall–Kier alpha value is -4.30. The van der Waals surface area contributed by atoms with Gasteiger partial charge in [-0.2, -0.15) is 0 Å². The van der Waals surface area contributed by atoms with Gasteiger partial charge in [-0.3, -0.25) is 9.59 Å². The Labute approximate surface area is 209 Å². The summed E-state index contributed by atoms with van der Waals surface area (Å²) in [5.74, 6) is 0.712. The predicted molar refractivity (Wildman–Crippen MR) is 138 cm³/mol. The van der Waals surface area contributed by atoms with Crippen LogP contribution in [0.2, 0.25) is 0 Å². The number of methoxy groups -OCH3 is 1. The van der Waals surface area contributed by atoms with Gasteiger partial charge in [0.25, 0.3) is 5.91 Å². The van der Waals surface area contributed by atoms with Crippen LogP contribution in [0.4, 0.5) is 5.82 Å². The van der Waals surface area contributed by atoms with E-state index in [2.05, 4.69) is 15.3 Å². The molecule has 0 aliphatic heterocycles. The smallest absolute Gasteiger partial charge is 0.250 e. The lowest BCUT2D eigenvalue weighted by Crippen LogP contribution is -2.15. The van der Waals surface area contributed by atoms with Crippen LogP contribution in [-0.2, 0) is 6.42 Å². The van der Waals surface area contributed by atoms with E-state index in [0.29, 0.717) is 46.4 Å². The maximum absolute atomic E-state index is 12.8. The van der Waals surface area contributed by atoms with Crippen molar-refractivity contribution in [3.05, 3.63) is 95.3 Å². The monoisotopic (exact) mass is 484 g/mol. The predicted octanol–water partition coefficient (Wildman–Crippen LogP) is 4.09. The van der Waals surface area contributed by atoms with E-state index in [0.717, 1.165) is 11.1 Å². The number of carbonyl (C=O) groups excluding carboxylic acids is 2. The summed E-state index contributed by atoms with van der Waals surface area (Å²) >= 11 is 0. The molecule has 1 unspecified atom stereocenters. The van der Waals surface area contributed by atoms with Crippen LogP contribution in [-0.4, -0.2) is 40.5 Å². The summed E-state index contributed by atoms with van der Waals surface area (Å²) < 4.78 is 5.17. The Morgan fingerprint density at radius 1 is 1.06 bits per heavy atom. The molecule has 0 radical (unpaired) electrons. The molecule has 0 bridgehead atoms. The summed E-state index contributed by atoms with van der Waals surface area (Å²) in [6.07, 6.45) is 2.85. The Bertz CT molecular complexity index is 1370. The molecule has 8 heteroatoms. The van der Waals surface area contributed by atoms with Crippen molar-refractivity contribution in [1.29, 1.82) is 0 Å². The minimum Gasteiger partial charge on any atom is -0.497 e. The third-order valence-electron chi connectivity index (χ3n) is 6.02. The molecule has 0 saturated carbocycles. The van der Waals surface area contributed by atoms with Crippen molar-refractivity contribution < 1.29 is 19.4 Å². The van der Waals surface area contributed by atoms with Crippen molar-refractivity contribution in [2.45, 2.75) is 25.3 Å². The number of anilines is 1. The Kier molecular flexibility index (Phi) is 7.87. The van der Waals surface area contributed by atoms with Gasteiger partial charge in [-0.25, -0.2) is 9.97 Å². The van der Waals surface area contributed by atoms with Crippen LogP contribution in [0.5, 0.6) is 5.75 Å². The summed E-state index contributed by atoms with van der Waals surface area (Å²) in [6, 6.07) is 19.9. The zero-order valence-electron chi connectivity index (χ0n) is 20.0. The first-order valence-corrected chi connectivity index (χ1v) is 11.7. The molecule has 0 aliphatic carbocycles. The highest BCUT2D eigenvalue weighted by molar-refractivity contribution is 6.06. The number of aromatic nitrogens is 2. The quantitative estimate of drug-likeness (QED) is 0.274. The average molecular weight is 485 g/mol. The first-order valence-electron chi connectivity index (χ1n) is 11.7. The maximum Gasteiger partial charge on any atom is 0.250 e. The van der Waals surface area contributed by atoms with E-state index in [4.69, 9.17) is 10.5 Å². The van der Waals surface area contributed by atoms with E-state index >= 15 is 0 Å². The van der Waals surface area contributed by atoms with E-state index in [1.165, 1.54) is 6.33 Å². The topological polar surface area (TPSA) is 127 Å². The molecule has 1 heterocycles. The number of hydrogen-bond donors (Lipinski definition) is 3. The molecule has 0 saturated heterocycles. The number of nitrogens with one attached hydrogen (secondary N) is 1. The second kappa shape index (κ2) is 11.4. The maximum atomic E-state index is 12.8. The van der Waals surface area contributed by atoms with Gasteiger partial charge in [-0.1, -0.05) is 30.3 Å². The minimum absolute atomic E-state index is 0.00967. The van der Waals surface area contributed by atoms with Crippen LogP contribution in [0.15, 0.2) is 73.1 Å². The average Bonchev–Trinajstić information content (AvgIpc) is 2.90. The highest BCUT2D eigenvalue weighted by atomic mass is 16.5. The van der Waals surface area contributed by atoms with E-state index in [1.807, 2.05) is 30.3 Å². The van der Waals surface area contributed by atoms with Gasteiger partial charge >= 0.3 is 0 Å². The molecular weight excluding hydrogens is 456 g/mol. The molecule has 4 N–H and O–H groups in total. The number of Topliss-reactive ketones (excluding diaryl/α,β-unsaturated/α-hetero) is 1. The zero-order chi connectivity index (χ0) is 25.5. The van der Waals surface area contributed by atoms with E-state index < -0.39 is 5.91 Å². The molecular formula is C28H28N4O4. The zero-order valence-corrected chi connectivity index (χ0v) is 20.0. The van der Waals surface area contributed by atoms with Crippen molar-refractivity contribution in [1.82, 2.24) is 9.97 Å². The fourth-order valence-corrected chi connectivity index (χ4v) is 4.17. The molecule has 3 aromatic carbocycles. The molecule has 184 valence electrons. The summed E-state index contributed by atoms with van der Waals surface area (Å²) in [4.78, 5) is 33.4. The number of amides is 1. The number of fused-ring (bicyclic) bond motifs is 1. The number of nitrogens with zero attached hydrogens (tertiary/aromatic N) is 2. The van der Waals surface area contributed by atoms with E-state index in [9.17, 15) is 14.7 Å². The second-order valence-electron chi connectivity index (χ2n) is 8.42. The van der Waals surface area contributed by atoms with Crippen molar-refractivity contribution in [3.8, 4) is 5.75 Å². The van der Waals surface area contributed by atoms with Gasteiger partial charge in [0.2, 0.25) is 0 Å². The lowest BCUT2D eigenvalue weighted by Gasteiger charge is -2.21. The van der Waals surface area contributed by atoms with E-state index in [1.54, 1.807) is 43.5 Å². The van der Waals surface area contributed by atoms with Crippen LogP contribution in [0.25, 0.3) is 10.9 Å². The number of nitrogens with two attached hydrogens (primary N) is 1. The molecule has 4 aromatic rings. The number of ketones is 1. The van der Waals surface area contributed by atoms with Crippen molar-refractivity contribution >= 4 is 28.4 Å². The number of primary amides is 1. The van der Waals surface area contributed by atoms with Crippen LogP contribution in [0, 0.1) is 0 Å². The number of para-hydroxylation sites is 1. The fraction of sp³-hybridized carbons (Fsp3) is 0.214. The molecule has 0 aliphatic rings. The number of aliphatic hydroxyl groups is 1. The minimum atomic E-state index is -0.559. The van der Waals surface area contributed by atoms with Crippen molar-refractivity contribution in [3.63, 3.8) is 0 Å². The summed E-state index contributed by atoms with van der Waals surface area (Å²) in [6.45, 7) is 0.0458. The van der Waals surface area contributed by atoms with Gasteiger partial charge in [0, 0.05) is 24.0 Å². The molecule has 1 amide bonds. The van der Waals surface area contributed by atoms with Crippen LogP contribution in [0.3, 0.4) is 0 Å². The summed E-state index contributed by atoms with van der Waals surface area (Å²) in [5.41, 5.74) is 8.78. The summed E-state index contributed by atoms with van der Waals surface area (Å²) in [5, 5.41) is 13.6. The largest absolute Gasteiger partial charge is 0.497 e. The first kappa shape index (κ1) is 24.8. The van der Waals surface area contributed by atoms with Gasteiger partial charge in [-0.15, -0.1) is 0 Å². The Morgan fingerprint density at radius 2 is 1.83 bits per heavy atom. The van der Waals surface area contributed by atoms with Crippen molar-refractivity contribution in [2.75, 3.05) is 19.0 Å². The van der Waals surface area contributed by atoms with Gasteiger partial charge in [-0.05, 0) is 60.4 Å². The van der Waals surface area contributed by atoms with E-state index in [-0.39, 0.29) is 24.9 Å². The second-order valence-corrected chi connectivity index (χ2v) is 8.42. The molecule has 1 aromatic heterocycles. The van der Waals surface area contributed by atoms with Crippen LogP contribution in [0.1, 0.15) is 50.7 Å². The molecule has 8 nitrogen and oxygen atoms in total. The molecule has 4 rings (SSSR count). The number of hydrogen-bond acceptors (Lipinski definition) is 7. The molecule has 0 fully saturated rings. The standard InChI is InChI=1S/C28H28N4O4/c1-36-21-12-10-19(11-13-21)25(34)16-18-5-2-6-20(15-18)24(9-4-14-33)32-28-23-8-3-7-22(27(29)35)26(23)30-17-31-28/h2-3,5-8,10-13,15,17,24,33H,4,9,14,16H2,1H3,(H2,29,35)(H,30,31,32). The number of carbonyl (C=O) groups is 2. The van der Waals surface area contributed by atoms with Crippen molar-refractivity contribution in [2.24, 2.45) is 5.73 Å². The Morgan fingerprint density at radius 3 is 2.56 bits per heavy atom. The third kappa shape index (κ3) is 5.67. The number of aliphatic hydroxyl groups excluding tert-OH is 1. The third-order valence-corrected chi connectivity index (χ3v) is 6.02. The Balaban J connectivity index is 1.60. The molecule has 36 heavy (non-hydrogen) atoms. The number of rotatable bonds is 11. The van der Waals surface area contributed by atoms with Crippen LogP contribution >= 0.6 is 0 Å². The fourth-order valence-electron chi connectivity index (χ4n) is 4.17. The molecule has 1 atom stereocenters. The molecule has 0 spiro atoms. The number of ether oxygens (including phenoxy) is 1.